The summed E-state index contributed by atoms with van der Waals surface area (Å²) in [5.41, 5.74) is -0.330. The molecule has 4 nitrogen and oxygen atoms in total. The van der Waals surface area contributed by atoms with Crippen molar-refractivity contribution in [1.29, 1.82) is 0 Å². The Balaban J connectivity index is 1.95. The van der Waals surface area contributed by atoms with Gasteiger partial charge in [0.1, 0.15) is 5.50 Å². The van der Waals surface area contributed by atoms with Crippen molar-refractivity contribution in [2.24, 2.45) is 0 Å². The molecule has 2 aliphatic heterocycles. The van der Waals surface area contributed by atoms with Gasteiger partial charge >= 0.3 is 12.3 Å². The molecule has 0 N–H and O–H groups in total. The van der Waals surface area contributed by atoms with E-state index in [-0.39, 0.29) is 16.8 Å². The number of amides is 1. The predicted molar refractivity (Wildman–Crippen MR) is 77.6 cm³/mol. The highest BCUT2D eigenvalue weighted by molar-refractivity contribution is 6.20. The lowest BCUT2D eigenvalue weighted by atomic mass is 10.0. The molecule has 2 heterocycles. The molecule has 1 fully saturated rings. The van der Waals surface area contributed by atoms with Crippen molar-refractivity contribution in [3.8, 4) is 12.1 Å². The molecule has 1 saturated heterocycles. The van der Waals surface area contributed by atoms with Gasteiger partial charge in [-0.1, -0.05) is 29.8 Å². The average Bonchev–Trinajstić information content (AvgIpc) is 2.90. The number of anilines is 1. The van der Waals surface area contributed by atoms with Crippen LogP contribution in [-0.4, -0.2) is 29.2 Å². The minimum absolute atomic E-state index is 0.0731. The van der Waals surface area contributed by atoms with Crippen LogP contribution < -0.4 is 4.90 Å². The molecule has 0 saturated carbocycles. The van der Waals surface area contributed by atoms with Crippen LogP contribution in [0.3, 0.4) is 0 Å². The van der Waals surface area contributed by atoms with Gasteiger partial charge in [-0.2, -0.15) is 13.2 Å². The maximum absolute atomic E-state index is 13.0. The number of carbonyl (C=O) groups is 1. The fraction of sp³-hybridized carbons (Fsp3) is 0.400. The number of alkyl halides is 4. The van der Waals surface area contributed by atoms with Gasteiger partial charge in [-0.3, -0.25) is 0 Å². The molecule has 122 valence electrons. The Morgan fingerprint density at radius 1 is 1.26 bits per heavy atom. The smallest absolute Gasteiger partial charge is 0.430 e. The molecule has 23 heavy (non-hydrogen) atoms. The van der Waals surface area contributed by atoms with Gasteiger partial charge in [0.15, 0.2) is 0 Å². The van der Waals surface area contributed by atoms with Crippen LogP contribution in [0.1, 0.15) is 24.5 Å². The fourth-order valence-electron chi connectivity index (χ4n) is 2.54. The molecule has 1 amide bonds. The zero-order valence-corrected chi connectivity index (χ0v) is 12.6. The first-order valence-electron chi connectivity index (χ1n) is 6.96. The quantitative estimate of drug-likeness (QED) is 0.407. The van der Waals surface area contributed by atoms with Gasteiger partial charge in [0, 0.05) is 24.2 Å². The van der Waals surface area contributed by atoms with Crippen LogP contribution >= 0.6 is 11.6 Å². The van der Waals surface area contributed by atoms with Crippen molar-refractivity contribution in [3.05, 3.63) is 29.8 Å². The van der Waals surface area contributed by atoms with Crippen LogP contribution in [0.5, 0.6) is 0 Å². The zero-order valence-electron chi connectivity index (χ0n) is 11.8. The Hall–Kier alpha value is -2.07. The van der Waals surface area contributed by atoms with E-state index in [9.17, 15) is 18.0 Å². The number of carbonyl (C=O) groups excluding carboxylic acids is 1. The molecule has 3 rings (SSSR count). The highest BCUT2D eigenvalue weighted by Crippen LogP contribution is 2.43. The number of cyclic esters (lactones) is 1. The molecule has 0 aliphatic carbocycles. The Morgan fingerprint density at radius 2 is 2.00 bits per heavy atom. The molecule has 0 spiro atoms. The van der Waals surface area contributed by atoms with Crippen LogP contribution in [0.2, 0.25) is 0 Å². The predicted octanol–water partition coefficient (Wildman–Crippen LogP) is 3.83. The van der Waals surface area contributed by atoms with E-state index in [1.165, 1.54) is 18.2 Å². The third-order valence-electron chi connectivity index (χ3n) is 3.64. The highest BCUT2D eigenvalue weighted by Gasteiger charge is 2.49. The Bertz CT molecular complexity index is 683. The van der Waals surface area contributed by atoms with Crippen LogP contribution in [0.25, 0.3) is 0 Å². The monoisotopic (exact) mass is 344 g/mol. The average molecular weight is 345 g/mol. The number of halogens is 4. The van der Waals surface area contributed by atoms with E-state index >= 15 is 0 Å². The van der Waals surface area contributed by atoms with E-state index < -0.39 is 18.4 Å². The first-order chi connectivity index (χ1) is 10.9. The largest absolute Gasteiger partial charge is 0.430 e. The summed E-state index contributed by atoms with van der Waals surface area (Å²) in [6, 6.07) is 11.0. The van der Waals surface area contributed by atoms with E-state index in [4.69, 9.17) is 11.6 Å². The molecule has 1 aromatic carbocycles. The normalized spacial score (nSPS) is 23.9. The van der Waals surface area contributed by atoms with Crippen LogP contribution in [0.4, 0.5) is 23.7 Å². The van der Waals surface area contributed by atoms with Gasteiger partial charge in [-0.25, -0.2) is 9.69 Å². The number of benzene rings is 1. The third-order valence-corrected chi connectivity index (χ3v) is 4.10. The molecule has 0 aromatic heterocycles. The standard InChI is InChI=1S/C15H12ClF3N2O2/c16-12-6-3-7-20(12)8-9-21-11-5-2-1-4-10(11)13(15(17,18)19)23-14(21)22/h1-2,4-5,12-13H,3,6-7H2. The summed E-state index contributed by atoms with van der Waals surface area (Å²) in [4.78, 5) is 14.5. The molecule has 2 unspecified atom stereocenters. The molecule has 8 heteroatoms. The number of hydrogen-bond acceptors (Lipinski definition) is 3. The van der Waals surface area contributed by atoms with Crippen molar-refractivity contribution in [2.75, 3.05) is 11.4 Å². The summed E-state index contributed by atoms with van der Waals surface area (Å²) in [5, 5.41) is 0. The maximum Gasteiger partial charge on any atom is 0.430 e. The maximum atomic E-state index is 13.0. The minimum Gasteiger partial charge on any atom is -0.430 e. The second-order valence-corrected chi connectivity index (χ2v) is 5.70. The zero-order chi connectivity index (χ0) is 16.6. The summed E-state index contributed by atoms with van der Waals surface area (Å²) in [5.74, 6) is 0. The third kappa shape index (κ3) is 3.04. The van der Waals surface area contributed by atoms with Gasteiger partial charge in [0.2, 0.25) is 6.10 Å². The van der Waals surface area contributed by atoms with Crippen LogP contribution in [-0.2, 0) is 4.74 Å². The summed E-state index contributed by atoms with van der Waals surface area (Å²) >= 11 is 6.06. The summed E-state index contributed by atoms with van der Waals surface area (Å²) in [7, 11) is 0. The molecule has 0 radical (unpaired) electrons. The van der Waals surface area contributed by atoms with Crippen molar-refractivity contribution in [1.82, 2.24) is 4.90 Å². The van der Waals surface area contributed by atoms with Crippen LogP contribution in [0.15, 0.2) is 24.3 Å². The summed E-state index contributed by atoms with van der Waals surface area (Å²) in [6.45, 7) is 0.650. The minimum atomic E-state index is -4.68. The van der Waals surface area contributed by atoms with Crippen molar-refractivity contribution < 1.29 is 22.7 Å². The second-order valence-electron chi connectivity index (χ2n) is 5.19. The second kappa shape index (κ2) is 5.85. The SMILES string of the molecule is O=C1OC(C(F)(F)F)c2ccccc2N1C#CN1CCCC1Cl. The first-order valence-corrected chi connectivity index (χ1v) is 7.40. The number of fused-ring (bicyclic) bond motifs is 1. The number of hydrogen-bond donors (Lipinski definition) is 0. The van der Waals surface area contributed by atoms with Gasteiger partial charge in [0.05, 0.1) is 5.69 Å². The van der Waals surface area contributed by atoms with Gasteiger partial charge in [0.25, 0.3) is 0 Å². The van der Waals surface area contributed by atoms with Gasteiger partial charge < -0.3 is 9.64 Å². The fourth-order valence-corrected chi connectivity index (χ4v) is 2.84. The summed E-state index contributed by atoms with van der Waals surface area (Å²) in [6.07, 6.45) is -6.46. The van der Waals surface area contributed by atoms with E-state index in [0.717, 1.165) is 17.7 Å². The molecule has 2 atom stereocenters. The Labute approximate surface area is 135 Å². The van der Waals surface area contributed by atoms with E-state index in [1.807, 2.05) is 0 Å². The first kappa shape index (κ1) is 15.8. The Kier molecular flexibility index (Phi) is 4.02. The number of para-hydroxylation sites is 1. The number of rotatable bonds is 0. The van der Waals surface area contributed by atoms with Gasteiger partial charge in [-0.15, -0.1) is 0 Å². The van der Waals surface area contributed by atoms with E-state index in [1.54, 1.807) is 11.0 Å². The number of ether oxygens (including phenoxy) is 1. The van der Waals surface area contributed by atoms with E-state index in [2.05, 4.69) is 16.8 Å². The molecule has 2 aliphatic rings. The van der Waals surface area contributed by atoms with Crippen molar-refractivity contribution in [2.45, 2.75) is 30.6 Å². The molecule has 0 bridgehead atoms. The van der Waals surface area contributed by atoms with Crippen molar-refractivity contribution >= 4 is 23.4 Å². The lowest BCUT2D eigenvalue weighted by molar-refractivity contribution is -0.206. The topological polar surface area (TPSA) is 32.8 Å². The van der Waals surface area contributed by atoms with Gasteiger partial charge in [-0.05, 0) is 18.9 Å². The van der Waals surface area contributed by atoms with E-state index in [0.29, 0.717) is 6.54 Å². The number of nitrogens with zero attached hydrogens (tertiary/aromatic N) is 2. The number of likely N-dealkylation sites (tertiary alicyclic amines) is 1. The molecular formula is C15H12ClF3N2O2. The van der Waals surface area contributed by atoms with Crippen molar-refractivity contribution in [3.63, 3.8) is 0 Å². The lowest BCUT2D eigenvalue weighted by Gasteiger charge is -2.31. The van der Waals surface area contributed by atoms with Crippen LogP contribution in [0, 0.1) is 12.1 Å². The molecular weight excluding hydrogens is 333 g/mol. The lowest BCUT2D eigenvalue weighted by Crippen LogP contribution is -2.39. The molecule has 1 aromatic rings. The summed E-state index contributed by atoms with van der Waals surface area (Å²) < 4.78 is 43.7. The Morgan fingerprint density at radius 3 is 2.65 bits per heavy atom. The highest BCUT2D eigenvalue weighted by atomic mass is 35.5.